The molecule has 0 unspecified atom stereocenters. The number of rotatable bonds is 3. The molecule has 3 N–H and O–H groups in total. The third-order valence-electron chi connectivity index (χ3n) is 3.82. The van der Waals surface area contributed by atoms with E-state index in [2.05, 4.69) is 0 Å². The zero-order valence-electron chi connectivity index (χ0n) is 9.88. The molecule has 0 saturated heterocycles. The summed E-state index contributed by atoms with van der Waals surface area (Å²) in [6.45, 7) is 0.317. The third-order valence-corrected chi connectivity index (χ3v) is 3.82. The van der Waals surface area contributed by atoms with Gasteiger partial charge in [0.25, 0.3) is 0 Å². The quantitative estimate of drug-likeness (QED) is 0.871. The van der Waals surface area contributed by atoms with Crippen molar-refractivity contribution in [3.05, 3.63) is 34.9 Å². The lowest BCUT2D eigenvalue weighted by Crippen LogP contribution is -2.32. The molecule has 3 nitrogen and oxygen atoms in total. The third kappa shape index (κ3) is 1.99. The molecule has 1 aliphatic carbocycles. The van der Waals surface area contributed by atoms with Crippen molar-refractivity contribution in [1.29, 1.82) is 0 Å². The van der Waals surface area contributed by atoms with Crippen molar-refractivity contribution in [2.75, 3.05) is 6.54 Å². The van der Waals surface area contributed by atoms with Crippen molar-refractivity contribution in [3.8, 4) is 0 Å². The summed E-state index contributed by atoms with van der Waals surface area (Å²) in [5.41, 5.74) is 5.23. The van der Waals surface area contributed by atoms with Gasteiger partial charge in [-0.2, -0.15) is 0 Å². The van der Waals surface area contributed by atoms with E-state index in [-0.39, 0.29) is 0 Å². The van der Waals surface area contributed by atoms with Gasteiger partial charge in [-0.15, -0.1) is 0 Å². The van der Waals surface area contributed by atoms with E-state index >= 15 is 0 Å². The maximum atomic E-state index is 13.5. The van der Waals surface area contributed by atoms with Crippen molar-refractivity contribution >= 4 is 5.97 Å². The molecule has 1 aromatic carbocycles. The standard InChI is InChI=1S/C13H15F2NO2/c14-10-6-8(5-9(11(10)15)12(17)18)13(7-16)3-1-2-4-13/h5-6H,1-4,7,16H2,(H,17,18). The average molecular weight is 255 g/mol. The first kappa shape index (κ1) is 13.0. The van der Waals surface area contributed by atoms with Crippen LogP contribution in [-0.2, 0) is 5.41 Å². The SMILES string of the molecule is NCC1(c2cc(F)c(F)c(C(=O)O)c2)CCCC1. The molecule has 0 spiro atoms. The van der Waals surface area contributed by atoms with Crippen molar-refractivity contribution in [3.63, 3.8) is 0 Å². The number of halogens is 2. The first-order valence-corrected chi connectivity index (χ1v) is 5.93. The molecule has 0 amide bonds. The lowest BCUT2D eigenvalue weighted by atomic mass is 9.78. The predicted molar refractivity (Wildman–Crippen MR) is 62.5 cm³/mol. The van der Waals surface area contributed by atoms with Crippen LogP contribution >= 0.6 is 0 Å². The van der Waals surface area contributed by atoms with Crippen molar-refractivity contribution in [1.82, 2.24) is 0 Å². The molecule has 5 heteroatoms. The van der Waals surface area contributed by atoms with Gasteiger partial charge < -0.3 is 10.8 Å². The molecule has 0 aromatic heterocycles. The van der Waals surface area contributed by atoms with Crippen molar-refractivity contribution < 1.29 is 18.7 Å². The molecule has 18 heavy (non-hydrogen) atoms. The van der Waals surface area contributed by atoms with Gasteiger partial charge in [0.15, 0.2) is 11.6 Å². The largest absolute Gasteiger partial charge is 0.478 e. The Hall–Kier alpha value is -1.49. The fourth-order valence-corrected chi connectivity index (χ4v) is 2.71. The smallest absolute Gasteiger partial charge is 0.338 e. The Labute approximate surface area is 104 Å². The number of carboxylic acids is 1. The zero-order valence-corrected chi connectivity index (χ0v) is 9.88. The maximum Gasteiger partial charge on any atom is 0.338 e. The van der Waals surface area contributed by atoms with Gasteiger partial charge in [-0.3, -0.25) is 0 Å². The van der Waals surface area contributed by atoms with Crippen LogP contribution in [0.25, 0.3) is 0 Å². The molecule has 0 radical (unpaired) electrons. The predicted octanol–water partition coefficient (Wildman–Crippen LogP) is 2.43. The van der Waals surface area contributed by atoms with E-state index in [0.29, 0.717) is 12.1 Å². The Morgan fingerprint density at radius 1 is 1.33 bits per heavy atom. The highest BCUT2D eigenvalue weighted by Gasteiger charge is 2.35. The molecule has 98 valence electrons. The van der Waals surface area contributed by atoms with Gasteiger partial charge in [-0.05, 0) is 30.5 Å². The number of aromatic carboxylic acids is 1. The van der Waals surface area contributed by atoms with Gasteiger partial charge in [0, 0.05) is 12.0 Å². The summed E-state index contributed by atoms with van der Waals surface area (Å²) in [7, 11) is 0. The van der Waals surface area contributed by atoms with Crippen LogP contribution in [0, 0.1) is 11.6 Å². The summed E-state index contributed by atoms with van der Waals surface area (Å²) < 4.78 is 26.8. The topological polar surface area (TPSA) is 63.3 Å². The van der Waals surface area contributed by atoms with E-state index in [1.54, 1.807) is 0 Å². The second-order valence-electron chi connectivity index (χ2n) is 4.82. The molecule has 2 rings (SSSR count). The summed E-state index contributed by atoms with van der Waals surface area (Å²) in [6, 6.07) is 2.30. The number of carbonyl (C=O) groups is 1. The van der Waals surface area contributed by atoms with Crippen LogP contribution in [0.15, 0.2) is 12.1 Å². The van der Waals surface area contributed by atoms with E-state index < -0.39 is 28.6 Å². The molecule has 1 fully saturated rings. The van der Waals surface area contributed by atoms with Crippen LogP contribution in [0.5, 0.6) is 0 Å². The molecule has 0 heterocycles. The molecule has 0 aliphatic heterocycles. The highest BCUT2D eigenvalue weighted by atomic mass is 19.2. The monoisotopic (exact) mass is 255 g/mol. The Bertz CT molecular complexity index is 482. The van der Waals surface area contributed by atoms with Gasteiger partial charge in [-0.1, -0.05) is 12.8 Å². The van der Waals surface area contributed by atoms with E-state index in [9.17, 15) is 13.6 Å². The van der Waals surface area contributed by atoms with Crippen LogP contribution in [0.3, 0.4) is 0 Å². The van der Waals surface area contributed by atoms with E-state index in [1.165, 1.54) is 6.07 Å². The molecule has 1 aliphatic rings. The first-order valence-electron chi connectivity index (χ1n) is 5.93. The highest BCUT2D eigenvalue weighted by Crippen LogP contribution is 2.41. The Morgan fingerprint density at radius 3 is 2.44 bits per heavy atom. The van der Waals surface area contributed by atoms with E-state index in [0.717, 1.165) is 31.7 Å². The second-order valence-corrected chi connectivity index (χ2v) is 4.82. The Balaban J connectivity index is 2.54. The van der Waals surface area contributed by atoms with Crippen LogP contribution < -0.4 is 5.73 Å². The van der Waals surface area contributed by atoms with Gasteiger partial charge in [-0.25, -0.2) is 13.6 Å². The summed E-state index contributed by atoms with van der Waals surface area (Å²) in [6.07, 6.45) is 3.51. The van der Waals surface area contributed by atoms with Gasteiger partial charge >= 0.3 is 5.97 Å². The minimum atomic E-state index is -1.46. The van der Waals surface area contributed by atoms with Crippen LogP contribution in [0.2, 0.25) is 0 Å². The number of hydrogen-bond acceptors (Lipinski definition) is 2. The Kier molecular flexibility index (Phi) is 3.34. The van der Waals surface area contributed by atoms with Crippen LogP contribution in [0.4, 0.5) is 8.78 Å². The van der Waals surface area contributed by atoms with Crippen LogP contribution in [-0.4, -0.2) is 17.6 Å². The molecular weight excluding hydrogens is 240 g/mol. The molecule has 1 saturated carbocycles. The number of carboxylic acid groups (broad SMARTS) is 1. The van der Waals surface area contributed by atoms with E-state index in [4.69, 9.17) is 10.8 Å². The molecular formula is C13H15F2NO2. The van der Waals surface area contributed by atoms with Gasteiger partial charge in [0.1, 0.15) is 0 Å². The summed E-state index contributed by atoms with van der Waals surface area (Å²) in [4.78, 5) is 10.9. The van der Waals surface area contributed by atoms with Gasteiger partial charge in [0.2, 0.25) is 0 Å². The van der Waals surface area contributed by atoms with Gasteiger partial charge in [0.05, 0.1) is 5.56 Å². The molecule has 1 aromatic rings. The average Bonchev–Trinajstić information content (AvgIpc) is 2.82. The van der Waals surface area contributed by atoms with Crippen molar-refractivity contribution in [2.45, 2.75) is 31.1 Å². The number of hydrogen-bond donors (Lipinski definition) is 2. The highest BCUT2D eigenvalue weighted by molar-refractivity contribution is 5.88. The van der Waals surface area contributed by atoms with E-state index in [1.807, 2.05) is 0 Å². The summed E-state index contributed by atoms with van der Waals surface area (Å²) in [5.74, 6) is -3.89. The fourth-order valence-electron chi connectivity index (χ4n) is 2.71. The zero-order chi connectivity index (χ0) is 13.3. The number of nitrogens with two attached hydrogens (primary N) is 1. The maximum absolute atomic E-state index is 13.5. The minimum absolute atomic E-state index is 0.317. The summed E-state index contributed by atoms with van der Waals surface area (Å²) in [5, 5.41) is 8.88. The Morgan fingerprint density at radius 2 is 1.94 bits per heavy atom. The molecule has 0 atom stereocenters. The first-order chi connectivity index (χ1) is 8.50. The fraction of sp³-hybridized carbons (Fsp3) is 0.462. The second kappa shape index (κ2) is 4.65. The van der Waals surface area contributed by atoms with Crippen molar-refractivity contribution in [2.24, 2.45) is 5.73 Å². The molecule has 0 bridgehead atoms. The normalized spacial score (nSPS) is 17.9. The van der Waals surface area contributed by atoms with Crippen LogP contribution in [0.1, 0.15) is 41.6 Å². The minimum Gasteiger partial charge on any atom is -0.478 e. The number of benzene rings is 1. The summed E-state index contributed by atoms with van der Waals surface area (Å²) >= 11 is 0. The lowest BCUT2D eigenvalue weighted by Gasteiger charge is -2.28. The lowest BCUT2D eigenvalue weighted by molar-refractivity contribution is 0.0690.